The summed E-state index contributed by atoms with van der Waals surface area (Å²) in [5.41, 5.74) is 2.50. The zero-order valence-corrected chi connectivity index (χ0v) is 17.1. The molecule has 1 fully saturated rings. The molecule has 0 spiro atoms. The van der Waals surface area contributed by atoms with Crippen molar-refractivity contribution < 1.29 is 4.79 Å². The van der Waals surface area contributed by atoms with E-state index in [4.69, 9.17) is 0 Å². The molecule has 2 N–H and O–H groups in total. The van der Waals surface area contributed by atoms with Crippen LogP contribution < -0.4 is 10.6 Å². The Hall–Kier alpha value is -2.84. The highest BCUT2D eigenvalue weighted by Gasteiger charge is 2.34. The second kappa shape index (κ2) is 7.88. The molecule has 0 bridgehead atoms. The minimum absolute atomic E-state index is 0.0133. The number of aromatic nitrogens is 4. The molecular formula is C21H27N7O. The van der Waals surface area contributed by atoms with Gasteiger partial charge >= 0.3 is 0 Å². The van der Waals surface area contributed by atoms with Crippen LogP contribution in [0.4, 0.5) is 0 Å². The number of aryl methyl sites for hydroxylation is 1. The van der Waals surface area contributed by atoms with Gasteiger partial charge in [0.05, 0.1) is 22.9 Å². The van der Waals surface area contributed by atoms with E-state index in [-0.39, 0.29) is 11.9 Å². The van der Waals surface area contributed by atoms with E-state index < -0.39 is 5.54 Å². The molecule has 1 atom stereocenters. The molecule has 4 heterocycles. The zero-order chi connectivity index (χ0) is 20.4. The normalized spacial score (nSPS) is 18.1. The predicted octanol–water partition coefficient (Wildman–Crippen LogP) is 1.26. The number of hydrogen-bond acceptors (Lipinski definition) is 6. The molecule has 8 nitrogen and oxygen atoms in total. The lowest BCUT2D eigenvalue weighted by Crippen LogP contribution is -2.59. The summed E-state index contributed by atoms with van der Waals surface area (Å²) >= 11 is 0. The first-order valence-corrected chi connectivity index (χ1v) is 9.90. The van der Waals surface area contributed by atoms with Crippen molar-refractivity contribution in [2.45, 2.75) is 38.9 Å². The molecule has 0 aromatic carbocycles. The van der Waals surface area contributed by atoms with E-state index in [9.17, 15) is 4.79 Å². The Morgan fingerprint density at radius 3 is 3.00 bits per heavy atom. The lowest BCUT2D eigenvalue weighted by Gasteiger charge is -2.37. The molecular weight excluding hydrogens is 366 g/mol. The Bertz CT molecular complexity index is 999. The molecule has 1 aliphatic rings. The van der Waals surface area contributed by atoms with Crippen LogP contribution in [0.1, 0.15) is 30.9 Å². The highest BCUT2D eigenvalue weighted by molar-refractivity contribution is 5.83. The van der Waals surface area contributed by atoms with Crippen molar-refractivity contribution in [1.29, 1.82) is 0 Å². The number of nitrogens with zero attached hydrogens (tertiary/aromatic N) is 5. The van der Waals surface area contributed by atoms with Crippen LogP contribution in [0.3, 0.4) is 0 Å². The first-order valence-electron chi connectivity index (χ1n) is 9.90. The van der Waals surface area contributed by atoms with Crippen molar-refractivity contribution in [2.24, 2.45) is 0 Å². The summed E-state index contributed by atoms with van der Waals surface area (Å²) in [4.78, 5) is 28.3. The third-order valence-electron chi connectivity index (χ3n) is 5.44. The van der Waals surface area contributed by atoms with Gasteiger partial charge in [0, 0.05) is 38.6 Å². The average Bonchev–Trinajstić information content (AvgIpc) is 3.15. The first-order chi connectivity index (χ1) is 14.0. The number of fused-ring (bicyclic) bond motifs is 1. The van der Waals surface area contributed by atoms with Gasteiger partial charge in [-0.15, -0.1) is 0 Å². The van der Waals surface area contributed by atoms with Gasteiger partial charge in [-0.05, 0) is 38.5 Å². The second-order valence-electron chi connectivity index (χ2n) is 8.03. The maximum atomic E-state index is 13.2. The summed E-state index contributed by atoms with van der Waals surface area (Å²) in [6.07, 6.45) is 7.12. The number of rotatable bonds is 5. The van der Waals surface area contributed by atoms with Crippen LogP contribution in [0, 0.1) is 6.92 Å². The van der Waals surface area contributed by atoms with E-state index in [1.54, 1.807) is 12.5 Å². The molecule has 0 radical (unpaired) electrons. The summed E-state index contributed by atoms with van der Waals surface area (Å²) in [6.45, 7) is 8.91. The summed E-state index contributed by atoms with van der Waals surface area (Å²) in [7, 11) is 0. The van der Waals surface area contributed by atoms with Crippen molar-refractivity contribution in [3.05, 3.63) is 60.2 Å². The highest BCUT2D eigenvalue weighted by Crippen LogP contribution is 2.22. The fourth-order valence-corrected chi connectivity index (χ4v) is 3.89. The quantitative estimate of drug-likeness (QED) is 0.679. The molecule has 152 valence electrons. The smallest absolute Gasteiger partial charge is 0.239 e. The van der Waals surface area contributed by atoms with Crippen molar-refractivity contribution in [3.63, 3.8) is 0 Å². The van der Waals surface area contributed by atoms with E-state index in [1.807, 2.05) is 42.8 Å². The molecule has 0 unspecified atom stereocenters. The van der Waals surface area contributed by atoms with Crippen LogP contribution in [0.2, 0.25) is 0 Å². The van der Waals surface area contributed by atoms with Crippen LogP contribution in [0.5, 0.6) is 0 Å². The minimum atomic E-state index is -0.616. The Balaban J connectivity index is 1.53. The van der Waals surface area contributed by atoms with Gasteiger partial charge in [-0.1, -0.05) is 6.07 Å². The van der Waals surface area contributed by atoms with Crippen LogP contribution in [-0.4, -0.2) is 55.8 Å². The maximum absolute atomic E-state index is 13.2. The molecule has 1 amide bonds. The average molecular weight is 393 g/mol. The Kier molecular flexibility index (Phi) is 5.29. The zero-order valence-electron chi connectivity index (χ0n) is 17.1. The Morgan fingerprint density at radius 1 is 1.34 bits per heavy atom. The molecule has 0 saturated carbocycles. The third kappa shape index (κ3) is 3.99. The number of carbonyl (C=O) groups excluding carboxylic acids is 1. The van der Waals surface area contributed by atoms with Gasteiger partial charge in [0.2, 0.25) is 5.91 Å². The van der Waals surface area contributed by atoms with E-state index in [1.165, 1.54) is 0 Å². The fourth-order valence-electron chi connectivity index (χ4n) is 3.89. The highest BCUT2D eigenvalue weighted by atomic mass is 16.2. The maximum Gasteiger partial charge on any atom is 0.239 e. The van der Waals surface area contributed by atoms with Gasteiger partial charge < -0.3 is 15.0 Å². The van der Waals surface area contributed by atoms with Crippen LogP contribution in [0.15, 0.2) is 43.1 Å². The lowest BCUT2D eigenvalue weighted by molar-refractivity contribution is -0.129. The summed E-state index contributed by atoms with van der Waals surface area (Å²) < 4.78 is 2.05. The van der Waals surface area contributed by atoms with Gasteiger partial charge in [-0.2, -0.15) is 0 Å². The van der Waals surface area contributed by atoms with Crippen molar-refractivity contribution in [2.75, 3.05) is 19.6 Å². The largest absolute Gasteiger partial charge is 0.343 e. The fraction of sp³-hybridized carbons (Fsp3) is 0.429. The van der Waals surface area contributed by atoms with E-state index in [0.29, 0.717) is 13.1 Å². The molecule has 0 aliphatic carbocycles. The van der Waals surface area contributed by atoms with Gasteiger partial charge in [-0.25, -0.2) is 15.0 Å². The summed E-state index contributed by atoms with van der Waals surface area (Å²) in [5.74, 6) is 0.802. The van der Waals surface area contributed by atoms with E-state index in [2.05, 4.69) is 43.5 Å². The Morgan fingerprint density at radius 2 is 2.21 bits per heavy atom. The second-order valence-corrected chi connectivity index (χ2v) is 8.03. The number of amides is 1. The first kappa shape index (κ1) is 19.5. The van der Waals surface area contributed by atoms with Gasteiger partial charge in [0.25, 0.3) is 0 Å². The van der Waals surface area contributed by atoms with Gasteiger partial charge in [0.15, 0.2) is 0 Å². The Labute approximate surface area is 170 Å². The van der Waals surface area contributed by atoms with Gasteiger partial charge in [0.1, 0.15) is 18.2 Å². The van der Waals surface area contributed by atoms with Crippen molar-refractivity contribution in [1.82, 2.24) is 34.9 Å². The minimum Gasteiger partial charge on any atom is -0.343 e. The SMILES string of the molecule is Cc1cccn2c(C(C)(C)NC(=O)[C@H]3CNCCN3Cc3ccncn3)ncc12. The van der Waals surface area contributed by atoms with E-state index >= 15 is 0 Å². The number of imidazole rings is 1. The molecule has 1 aliphatic heterocycles. The number of pyridine rings is 1. The molecule has 3 aromatic heterocycles. The monoisotopic (exact) mass is 393 g/mol. The third-order valence-corrected chi connectivity index (χ3v) is 5.44. The van der Waals surface area contributed by atoms with Crippen molar-refractivity contribution in [3.8, 4) is 0 Å². The number of carbonyl (C=O) groups is 1. The van der Waals surface area contributed by atoms with Crippen LogP contribution in [-0.2, 0) is 16.9 Å². The number of piperazine rings is 1. The molecule has 1 saturated heterocycles. The lowest BCUT2D eigenvalue weighted by atomic mass is 10.0. The van der Waals surface area contributed by atoms with Gasteiger partial charge in [-0.3, -0.25) is 9.69 Å². The van der Waals surface area contributed by atoms with E-state index in [0.717, 1.165) is 35.7 Å². The predicted molar refractivity (Wildman–Crippen MR) is 110 cm³/mol. The summed E-state index contributed by atoms with van der Waals surface area (Å²) in [5, 5.41) is 6.55. The summed E-state index contributed by atoms with van der Waals surface area (Å²) in [6, 6.07) is 5.68. The van der Waals surface area contributed by atoms with Crippen LogP contribution >= 0.6 is 0 Å². The standard InChI is InChI=1S/C21H27N7O/c1-15-5-4-9-28-17(15)12-24-20(28)21(2,3)26-19(29)18-11-22-8-10-27(18)13-16-6-7-23-14-25-16/h4-7,9,12,14,18,22H,8,10-11,13H2,1-3H3,(H,26,29)/t18-/m1/s1. The van der Waals surface area contributed by atoms with Crippen LogP contribution in [0.25, 0.3) is 5.52 Å². The molecule has 4 rings (SSSR count). The topological polar surface area (TPSA) is 87.5 Å². The molecule has 8 heteroatoms. The number of nitrogens with one attached hydrogen (secondary N) is 2. The molecule has 3 aromatic rings. The molecule has 29 heavy (non-hydrogen) atoms. The number of hydrogen-bond donors (Lipinski definition) is 2. The van der Waals surface area contributed by atoms with Crippen molar-refractivity contribution >= 4 is 11.4 Å².